The molecule has 0 amide bonds. The van der Waals surface area contributed by atoms with Crippen molar-refractivity contribution in [1.29, 1.82) is 0 Å². The summed E-state index contributed by atoms with van der Waals surface area (Å²) in [4.78, 5) is 36.7. The Bertz CT molecular complexity index is 490. The second-order valence-electron chi connectivity index (χ2n) is 3.28. The third-order valence-corrected chi connectivity index (χ3v) is 2.73. The van der Waals surface area contributed by atoms with Crippen molar-refractivity contribution in [3.05, 3.63) is 39.9 Å². The van der Waals surface area contributed by atoms with Crippen LogP contribution in [-0.4, -0.2) is 28.5 Å². The van der Waals surface area contributed by atoms with Crippen molar-refractivity contribution in [2.45, 2.75) is 6.92 Å². The second-order valence-corrected chi connectivity index (χ2v) is 4.35. The Morgan fingerprint density at radius 3 is 2.68 bits per heavy atom. The number of carbonyl (C=O) groups excluding carboxylic acids is 2. The minimum absolute atomic E-state index is 0.133. The van der Waals surface area contributed by atoms with Crippen LogP contribution in [0, 0.1) is 10.1 Å². The number of carbonyl (C=O) groups is 2. The maximum Gasteiger partial charge on any atom is 0.308 e. The molecule has 0 bridgehead atoms. The molecule has 0 heterocycles. The lowest BCUT2D eigenvalue weighted by Gasteiger charge is -2.07. The number of benzene rings is 1. The highest BCUT2D eigenvalue weighted by molar-refractivity contribution is 8.14. The summed E-state index contributed by atoms with van der Waals surface area (Å²) < 4.78 is 4.90. The van der Waals surface area contributed by atoms with Crippen LogP contribution < -0.4 is 4.74 Å². The van der Waals surface area contributed by atoms with Crippen molar-refractivity contribution in [3.8, 4) is 5.75 Å². The van der Waals surface area contributed by atoms with Crippen molar-refractivity contribution < 1.29 is 24.3 Å². The molecule has 0 atom stereocenters. The third-order valence-electron chi connectivity index (χ3n) is 1.87. The van der Waals surface area contributed by atoms with E-state index >= 15 is 0 Å². The average Bonchev–Trinajstić information content (AvgIpc) is 2.34. The van der Waals surface area contributed by atoms with E-state index in [1.165, 1.54) is 19.1 Å². The van der Waals surface area contributed by atoms with Crippen LogP contribution in [-0.2, 0) is 9.63 Å². The maximum absolute atomic E-state index is 11.8. The Hall–Kier alpha value is -2.09. The predicted octanol–water partition coefficient (Wildman–Crippen LogP) is 1.69. The van der Waals surface area contributed by atoms with Crippen LogP contribution in [0.25, 0.3) is 0 Å². The minimum atomic E-state index is -0.919. The lowest BCUT2D eigenvalue weighted by atomic mass is 10.2. The monoisotopic (exact) mass is 285 g/mol. The first-order valence-corrected chi connectivity index (χ1v) is 6.21. The smallest absolute Gasteiger partial charge is 0.308 e. The van der Waals surface area contributed by atoms with Crippen molar-refractivity contribution in [1.82, 2.24) is 0 Å². The summed E-state index contributed by atoms with van der Waals surface area (Å²) in [5.74, 6) is -0.224. The normalized spacial score (nSPS) is 9.74. The van der Waals surface area contributed by atoms with Crippen LogP contribution in [0.15, 0.2) is 24.3 Å². The van der Waals surface area contributed by atoms with Gasteiger partial charge < -0.3 is 9.57 Å². The van der Waals surface area contributed by atoms with Crippen LogP contribution in [0.1, 0.15) is 17.3 Å². The van der Waals surface area contributed by atoms with Crippen LogP contribution in [0.4, 0.5) is 0 Å². The maximum atomic E-state index is 11.8. The van der Waals surface area contributed by atoms with Gasteiger partial charge in [0.05, 0.1) is 5.56 Å². The van der Waals surface area contributed by atoms with Gasteiger partial charge in [0.25, 0.3) is 5.09 Å². The largest absolute Gasteiger partial charge is 0.426 e. The standard InChI is InChI=1S/C11H11NO6S/c1-8(13)18-10-5-3-2-4-9(10)11(14)19-7-6-17-12(15)16/h2-5H,6-7H2,1H3. The molecule has 0 aliphatic carbocycles. The van der Waals surface area contributed by atoms with Gasteiger partial charge in [0.1, 0.15) is 12.4 Å². The fourth-order valence-electron chi connectivity index (χ4n) is 1.20. The van der Waals surface area contributed by atoms with Gasteiger partial charge in [-0.05, 0) is 12.1 Å². The highest BCUT2D eigenvalue weighted by Crippen LogP contribution is 2.23. The zero-order chi connectivity index (χ0) is 14.3. The predicted molar refractivity (Wildman–Crippen MR) is 67.5 cm³/mol. The summed E-state index contributed by atoms with van der Waals surface area (Å²) in [6, 6.07) is 6.29. The number of nitrogens with zero attached hydrogens (tertiary/aromatic N) is 1. The summed E-state index contributed by atoms with van der Waals surface area (Å²) in [6.45, 7) is 1.05. The average molecular weight is 285 g/mol. The van der Waals surface area contributed by atoms with E-state index in [2.05, 4.69) is 4.84 Å². The molecule has 19 heavy (non-hydrogen) atoms. The number of thioether (sulfide) groups is 1. The lowest BCUT2D eigenvalue weighted by Crippen LogP contribution is -2.08. The van der Waals surface area contributed by atoms with E-state index in [4.69, 9.17) is 4.74 Å². The number of para-hydroxylation sites is 1. The van der Waals surface area contributed by atoms with Crippen LogP contribution in [0.3, 0.4) is 0 Å². The van der Waals surface area contributed by atoms with Crippen LogP contribution >= 0.6 is 11.8 Å². The molecular formula is C11H11NO6S. The lowest BCUT2D eigenvalue weighted by molar-refractivity contribution is -0.756. The first-order chi connectivity index (χ1) is 9.00. The Balaban J connectivity index is 2.61. The number of hydrogen-bond donors (Lipinski definition) is 0. The van der Waals surface area contributed by atoms with Gasteiger partial charge in [0, 0.05) is 12.7 Å². The number of rotatable bonds is 6. The molecule has 1 aromatic rings. The van der Waals surface area contributed by atoms with E-state index in [0.717, 1.165) is 11.8 Å². The van der Waals surface area contributed by atoms with Crippen LogP contribution in [0.5, 0.6) is 5.75 Å². The van der Waals surface area contributed by atoms with E-state index in [9.17, 15) is 19.7 Å². The third kappa shape index (κ3) is 5.38. The summed E-state index contributed by atoms with van der Waals surface area (Å²) >= 11 is 0.853. The minimum Gasteiger partial charge on any atom is -0.426 e. The number of esters is 1. The molecule has 0 saturated carbocycles. The van der Waals surface area contributed by atoms with Gasteiger partial charge in [0.2, 0.25) is 5.12 Å². The molecule has 0 unspecified atom stereocenters. The molecule has 0 saturated heterocycles. The molecule has 7 nitrogen and oxygen atoms in total. The molecule has 0 aromatic heterocycles. The van der Waals surface area contributed by atoms with Gasteiger partial charge >= 0.3 is 5.97 Å². The molecular weight excluding hydrogens is 274 g/mol. The Kier molecular flexibility index (Phi) is 5.80. The highest BCUT2D eigenvalue weighted by atomic mass is 32.2. The molecule has 0 N–H and O–H groups in total. The molecule has 0 aliphatic heterocycles. The number of hydrogen-bond acceptors (Lipinski definition) is 7. The van der Waals surface area contributed by atoms with Crippen molar-refractivity contribution in [2.24, 2.45) is 0 Å². The van der Waals surface area contributed by atoms with Gasteiger partial charge in [0.15, 0.2) is 0 Å². The first-order valence-electron chi connectivity index (χ1n) is 5.22. The van der Waals surface area contributed by atoms with Gasteiger partial charge in [-0.25, -0.2) is 0 Å². The summed E-state index contributed by atoms with van der Waals surface area (Å²) in [7, 11) is 0. The molecule has 102 valence electrons. The van der Waals surface area contributed by atoms with E-state index in [0.29, 0.717) is 0 Å². The zero-order valence-corrected chi connectivity index (χ0v) is 10.8. The number of ether oxygens (including phenoxy) is 1. The molecule has 1 rings (SSSR count). The van der Waals surface area contributed by atoms with Gasteiger partial charge in [-0.1, -0.05) is 23.9 Å². The van der Waals surface area contributed by atoms with Gasteiger partial charge in [-0.3, -0.25) is 9.59 Å². The van der Waals surface area contributed by atoms with Crippen LogP contribution in [0.2, 0.25) is 0 Å². The highest BCUT2D eigenvalue weighted by Gasteiger charge is 2.14. The first kappa shape index (κ1) is 15.0. The molecule has 0 radical (unpaired) electrons. The Labute approximate surface area is 113 Å². The second kappa shape index (κ2) is 7.37. The van der Waals surface area contributed by atoms with Crippen molar-refractivity contribution >= 4 is 22.8 Å². The van der Waals surface area contributed by atoms with E-state index in [-0.39, 0.29) is 28.8 Å². The fraction of sp³-hybridized carbons (Fsp3) is 0.273. The topological polar surface area (TPSA) is 95.7 Å². The zero-order valence-electron chi connectivity index (χ0n) is 10.0. The Morgan fingerprint density at radius 1 is 1.37 bits per heavy atom. The van der Waals surface area contributed by atoms with E-state index in [1.807, 2.05) is 0 Å². The molecule has 8 heteroatoms. The molecule has 0 spiro atoms. The van der Waals surface area contributed by atoms with Gasteiger partial charge in [-0.2, -0.15) is 0 Å². The summed E-state index contributed by atoms with van der Waals surface area (Å²) in [5, 5.41) is 8.66. The molecule has 0 fully saturated rings. The van der Waals surface area contributed by atoms with E-state index < -0.39 is 11.1 Å². The van der Waals surface area contributed by atoms with Gasteiger partial charge in [-0.15, -0.1) is 10.1 Å². The van der Waals surface area contributed by atoms with Crippen molar-refractivity contribution in [3.63, 3.8) is 0 Å². The van der Waals surface area contributed by atoms with E-state index in [1.54, 1.807) is 12.1 Å². The molecule has 0 aliphatic rings. The quantitative estimate of drug-likeness (QED) is 0.258. The Morgan fingerprint density at radius 2 is 2.05 bits per heavy atom. The summed E-state index contributed by atoms with van der Waals surface area (Å²) in [6.07, 6.45) is 0. The summed E-state index contributed by atoms with van der Waals surface area (Å²) in [5.41, 5.74) is 0.240. The SMILES string of the molecule is CC(=O)Oc1ccccc1C(=O)SCCO[N+](=O)[O-]. The van der Waals surface area contributed by atoms with Crippen molar-refractivity contribution in [2.75, 3.05) is 12.4 Å². The fourth-order valence-corrected chi connectivity index (χ4v) is 1.87. The molecule has 1 aromatic carbocycles.